The second-order valence-corrected chi connectivity index (χ2v) is 5.67. The zero-order valence-electron chi connectivity index (χ0n) is 11.8. The van der Waals surface area contributed by atoms with Gasteiger partial charge < -0.3 is 15.2 Å². The molecular formula is C14H19BrF3NO2. The molecule has 0 aliphatic carbocycles. The van der Waals surface area contributed by atoms with E-state index in [9.17, 15) is 13.2 Å². The molecule has 1 unspecified atom stereocenters. The van der Waals surface area contributed by atoms with Crippen molar-refractivity contribution in [2.75, 3.05) is 19.8 Å². The smallest absolute Gasteiger partial charge is 0.411 e. The predicted molar refractivity (Wildman–Crippen MR) is 78.5 cm³/mol. The summed E-state index contributed by atoms with van der Waals surface area (Å²) in [6.45, 7) is 1.02. The van der Waals surface area contributed by atoms with E-state index in [4.69, 9.17) is 10.5 Å². The molecule has 0 heterocycles. The Balaban J connectivity index is 2.29. The molecule has 1 atom stereocenters. The van der Waals surface area contributed by atoms with Crippen LogP contribution in [0.4, 0.5) is 13.2 Å². The van der Waals surface area contributed by atoms with Gasteiger partial charge in [0.2, 0.25) is 0 Å². The largest absolute Gasteiger partial charge is 0.492 e. The van der Waals surface area contributed by atoms with Gasteiger partial charge in [0, 0.05) is 12.5 Å². The highest BCUT2D eigenvalue weighted by Gasteiger charge is 2.27. The molecule has 0 aromatic heterocycles. The van der Waals surface area contributed by atoms with E-state index in [1.165, 1.54) is 0 Å². The number of hydrogen-bond acceptors (Lipinski definition) is 3. The third-order valence-electron chi connectivity index (χ3n) is 2.51. The quantitative estimate of drug-likeness (QED) is 0.710. The fourth-order valence-electron chi connectivity index (χ4n) is 1.69. The number of alkyl halides is 3. The van der Waals surface area contributed by atoms with E-state index in [-0.39, 0.29) is 12.6 Å². The Bertz CT molecular complexity index is 439. The normalized spacial score (nSPS) is 13.2. The van der Waals surface area contributed by atoms with Gasteiger partial charge in [-0.25, -0.2) is 0 Å². The molecule has 0 spiro atoms. The molecule has 0 radical (unpaired) electrons. The Labute approximate surface area is 130 Å². The van der Waals surface area contributed by atoms with Gasteiger partial charge in [-0.1, -0.05) is 6.07 Å². The van der Waals surface area contributed by atoms with Crippen LogP contribution in [0, 0.1) is 0 Å². The van der Waals surface area contributed by atoms with Crippen LogP contribution in [-0.2, 0) is 11.2 Å². The van der Waals surface area contributed by atoms with Crippen LogP contribution in [0.15, 0.2) is 22.7 Å². The predicted octanol–water partition coefficient (Wildman–Crippen LogP) is 3.69. The standard InChI is InChI=1S/C14H19BrF3NO2/c1-10(19)7-11-3-4-13(12(15)8-11)21-6-2-5-20-9-14(16,17)18/h3-4,8,10H,2,5-7,9,19H2,1H3. The molecule has 0 saturated heterocycles. The number of halogens is 4. The molecule has 1 rings (SSSR count). The lowest BCUT2D eigenvalue weighted by Gasteiger charge is -2.11. The van der Waals surface area contributed by atoms with Gasteiger partial charge in [-0.15, -0.1) is 0 Å². The minimum Gasteiger partial charge on any atom is -0.492 e. The van der Waals surface area contributed by atoms with Crippen molar-refractivity contribution in [1.82, 2.24) is 0 Å². The summed E-state index contributed by atoms with van der Waals surface area (Å²) < 4.78 is 46.3. The summed E-state index contributed by atoms with van der Waals surface area (Å²) >= 11 is 3.40. The van der Waals surface area contributed by atoms with Crippen LogP contribution in [0.2, 0.25) is 0 Å². The molecule has 3 nitrogen and oxygen atoms in total. The average Bonchev–Trinajstić information content (AvgIpc) is 2.33. The lowest BCUT2D eigenvalue weighted by molar-refractivity contribution is -0.174. The van der Waals surface area contributed by atoms with Crippen LogP contribution in [-0.4, -0.2) is 32.0 Å². The first-order valence-electron chi connectivity index (χ1n) is 6.59. The fraction of sp³-hybridized carbons (Fsp3) is 0.571. The molecule has 0 bridgehead atoms. The maximum absolute atomic E-state index is 11.8. The van der Waals surface area contributed by atoms with Crippen molar-refractivity contribution in [3.05, 3.63) is 28.2 Å². The monoisotopic (exact) mass is 369 g/mol. The summed E-state index contributed by atoms with van der Waals surface area (Å²) in [7, 11) is 0. The van der Waals surface area contributed by atoms with Crippen LogP contribution in [0.25, 0.3) is 0 Å². The van der Waals surface area contributed by atoms with Crippen molar-refractivity contribution in [2.45, 2.75) is 32.0 Å². The first-order chi connectivity index (χ1) is 9.78. The van der Waals surface area contributed by atoms with Crippen LogP contribution < -0.4 is 10.5 Å². The van der Waals surface area contributed by atoms with Gasteiger partial charge in [0.25, 0.3) is 0 Å². The molecule has 0 aliphatic heterocycles. The number of rotatable bonds is 8. The Kier molecular flexibility index (Phi) is 7.48. The lowest BCUT2D eigenvalue weighted by atomic mass is 10.1. The van der Waals surface area contributed by atoms with Gasteiger partial charge in [0.05, 0.1) is 17.7 Å². The topological polar surface area (TPSA) is 44.5 Å². The highest BCUT2D eigenvalue weighted by Crippen LogP contribution is 2.26. The van der Waals surface area contributed by atoms with Crippen LogP contribution in [0.3, 0.4) is 0 Å². The van der Waals surface area contributed by atoms with Crippen molar-refractivity contribution in [2.24, 2.45) is 5.73 Å². The number of hydrogen-bond donors (Lipinski definition) is 1. The van der Waals surface area contributed by atoms with Crippen molar-refractivity contribution in [3.63, 3.8) is 0 Å². The zero-order chi connectivity index (χ0) is 15.9. The van der Waals surface area contributed by atoms with E-state index < -0.39 is 12.8 Å². The van der Waals surface area contributed by atoms with E-state index in [1.54, 1.807) is 0 Å². The summed E-state index contributed by atoms with van der Waals surface area (Å²) in [4.78, 5) is 0. The lowest BCUT2D eigenvalue weighted by Crippen LogP contribution is -2.18. The number of ether oxygens (including phenoxy) is 2. The van der Waals surface area contributed by atoms with E-state index in [2.05, 4.69) is 20.7 Å². The molecule has 0 amide bonds. The molecule has 0 aliphatic rings. The van der Waals surface area contributed by atoms with Gasteiger partial charge in [-0.05, 0) is 47.0 Å². The van der Waals surface area contributed by atoms with E-state index in [0.717, 1.165) is 16.5 Å². The molecule has 120 valence electrons. The Morgan fingerprint density at radius 3 is 2.57 bits per heavy atom. The Hall–Kier alpha value is -0.790. The van der Waals surface area contributed by atoms with Crippen molar-refractivity contribution in [1.29, 1.82) is 0 Å². The third-order valence-corrected chi connectivity index (χ3v) is 3.13. The van der Waals surface area contributed by atoms with Gasteiger partial charge in [0.15, 0.2) is 0 Å². The summed E-state index contributed by atoms with van der Waals surface area (Å²) in [5.41, 5.74) is 6.82. The molecule has 1 aromatic carbocycles. The molecule has 7 heteroatoms. The summed E-state index contributed by atoms with van der Waals surface area (Å²) in [5, 5.41) is 0. The van der Waals surface area contributed by atoms with Crippen LogP contribution in [0.5, 0.6) is 5.75 Å². The number of benzene rings is 1. The van der Waals surface area contributed by atoms with Crippen LogP contribution >= 0.6 is 15.9 Å². The third kappa shape index (κ3) is 8.28. The van der Waals surface area contributed by atoms with Crippen molar-refractivity contribution >= 4 is 15.9 Å². The number of nitrogens with two attached hydrogens (primary N) is 1. The summed E-state index contributed by atoms with van der Waals surface area (Å²) in [6, 6.07) is 5.75. The maximum Gasteiger partial charge on any atom is 0.411 e. The molecule has 0 fully saturated rings. The highest BCUT2D eigenvalue weighted by atomic mass is 79.9. The Morgan fingerprint density at radius 1 is 1.29 bits per heavy atom. The molecule has 0 saturated carbocycles. The second kappa shape index (κ2) is 8.60. The zero-order valence-corrected chi connectivity index (χ0v) is 13.3. The van der Waals surface area contributed by atoms with Gasteiger partial charge >= 0.3 is 6.18 Å². The average molecular weight is 370 g/mol. The van der Waals surface area contributed by atoms with Crippen molar-refractivity contribution in [3.8, 4) is 5.75 Å². The fourth-order valence-corrected chi connectivity index (χ4v) is 2.23. The first kappa shape index (κ1) is 18.3. The molecule has 1 aromatic rings. The van der Waals surface area contributed by atoms with Gasteiger partial charge in [0.1, 0.15) is 12.4 Å². The highest BCUT2D eigenvalue weighted by molar-refractivity contribution is 9.10. The Morgan fingerprint density at radius 2 is 2.00 bits per heavy atom. The van der Waals surface area contributed by atoms with Crippen LogP contribution in [0.1, 0.15) is 18.9 Å². The summed E-state index contributed by atoms with van der Waals surface area (Å²) in [5.74, 6) is 0.652. The minimum atomic E-state index is -4.28. The first-order valence-corrected chi connectivity index (χ1v) is 7.38. The molecular weight excluding hydrogens is 351 g/mol. The summed E-state index contributed by atoms with van der Waals surface area (Å²) in [6.07, 6.45) is -3.12. The van der Waals surface area contributed by atoms with Gasteiger partial charge in [-0.3, -0.25) is 0 Å². The van der Waals surface area contributed by atoms with E-state index in [1.807, 2.05) is 25.1 Å². The second-order valence-electron chi connectivity index (χ2n) is 4.82. The van der Waals surface area contributed by atoms with E-state index >= 15 is 0 Å². The molecule has 21 heavy (non-hydrogen) atoms. The SMILES string of the molecule is CC(N)Cc1ccc(OCCCOCC(F)(F)F)c(Br)c1. The van der Waals surface area contributed by atoms with Crippen molar-refractivity contribution < 1.29 is 22.6 Å². The maximum atomic E-state index is 11.8. The van der Waals surface area contributed by atoms with Gasteiger partial charge in [-0.2, -0.15) is 13.2 Å². The minimum absolute atomic E-state index is 0.0138. The van der Waals surface area contributed by atoms with E-state index in [0.29, 0.717) is 18.8 Å². The molecule has 2 N–H and O–H groups in total.